The van der Waals surface area contributed by atoms with E-state index in [0.29, 0.717) is 12.3 Å². The number of Topliss-reactive ketones (excluding diaryl/α,β-unsaturated/α-hetero) is 1. The molecule has 0 aliphatic heterocycles. The van der Waals surface area contributed by atoms with Crippen LogP contribution in [0.25, 0.3) is 0 Å². The predicted octanol–water partition coefficient (Wildman–Crippen LogP) is 5.21. The molecule has 1 aliphatic carbocycles. The maximum Gasteiger partial charge on any atom is 0.163 e. The van der Waals surface area contributed by atoms with Crippen LogP contribution in [-0.2, 0) is 16.0 Å². The monoisotopic (exact) mass is 326 g/mol. The average Bonchev–Trinajstić information content (AvgIpc) is 2.50. The lowest BCUT2D eigenvalue weighted by molar-refractivity contribution is -0.116. The number of hydrogen-bond donors (Lipinski definition) is 0. The van der Waals surface area contributed by atoms with Crippen LogP contribution in [0.15, 0.2) is 23.8 Å². The second-order valence-electron chi connectivity index (χ2n) is 7.47. The maximum atomic E-state index is 12.9. The first-order chi connectivity index (χ1) is 11.4. The summed E-state index contributed by atoms with van der Waals surface area (Å²) in [7, 11) is 0. The molecule has 1 saturated carbocycles. The highest BCUT2D eigenvalue weighted by molar-refractivity contribution is 6.03. The number of carbonyl (C=O) groups is 2. The summed E-state index contributed by atoms with van der Waals surface area (Å²) in [6.07, 6.45) is 8.93. The van der Waals surface area contributed by atoms with Gasteiger partial charge in [0.15, 0.2) is 11.6 Å². The fourth-order valence-electron chi connectivity index (χ4n) is 3.96. The smallest absolute Gasteiger partial charge is 0.163 e. The van der Waals surface area contributed by atoms with Gasteiger partial charge in [-0.15, -0.1) is 0 Å². The maximum absolute atomic E-state index is 12.9. The molecule has 130 valence electrons. The summed E-state index contributed by atoms with van der Waals surface area (Å²) in [5.74, 6) is 0.658. The molecule has 2 nitrogen and oxygen atoms in total. The normalized spacial score (nSPS) is 16.2. The van der Waals surface area contributed by atoms with Crippen molar-refractivity contribution < 1.29 is 9.59 Å². The molecule has 1 aromatic carbocycles. The van der Waals surface area contributed by atoms with Crippen LogP contribution < -0.4 is 0 Å². The number of carbonyl (C=O) groups excluding carboxylic acids is 2. The van der Waals surface area contributed by atoms with Crippen LogP contribution >= 0.6 is 0 Å². The van der Waals surface area contributed by atoms with E-state index in [4.69, 9.17) is 0 Å². The molecule has 0 radical (unpaired) electrons. The van der Waals surface area contributed by atoms with Gasteiger partial charge in [0.2, 0.25) is 0 Å². The molecule has 2 rings (SSSR count). The summed E-state index contributed by atoms with van der Waals surface area (Å²) < 4.78 is 0. The fraction of sp³-hybridized carbons (Fsp3) is 0.545. The highest BCUT2D eigenvalue weighted by Gasteiger charge is 2.20. The number of hydrogen-bond acceptors (Lipinski definition) is 2. The van der Waals surface area contributed by atoms with Gasteiger partial charge in [0.25, 0.3) is 0 Å². The zero-order valence-corrected chi connectivity index (χ0v) is 15.6. The van der Waals surface area contributed by atoms with E-state index < -0.39 is 0 Å². The molecule has 2 heteroatoms. The Morgan fingerprint density at radius 3 is 2.17 bits per heavy atom. The molecule has 0 spiro atoms. The Hall–Kier alpha value is -1.70. The molecule has 1 aliphatic rings. The van der Waals surface area contributed by atoms with E-state index >= 15 is 0 Å². The quantitative estimate of drug-likeness (QED) is 0.673. The van der Waals surface area contributed by atoms with Crippen LogP contribution in [-0.4, -0.2) is 11.6 Å². The molecule has 1 fully saturated rings. The highest BCUT2D eigenvalue weighted by atomic mass is 16.1. The third kappa shape index (κ3) is 5.15. The molecule has 0 heterocycles. The Bertz CT molecular complexity index is 623. The van der Waals surface area contributed by atoms with E-state index in [-0.39, 0.29) is 11.6 Å². The number of rotatable bonds is 6. The van der Waals surface area contributed by atoms with E-state index in [1.807, 2.05) is 0 Å². The fourth-order valence-corrected chi connectivity index (χ4v) is 3.96. The number of benzene rings is 1. The Morgan fingerprint density at radius 2 is 1.62 bits per heavy atom. The molecular weight excluding hydrogens is 296 g/mol. The van der Waals surface area contributed by atoms with E-state index in [0.717, 1.165) is 17.6 Å². The minimum Gasteiger partial charge on any atom is -0.295 e. The van der Waals surface area contributed by atoms with Crippen LogP contribution in [0.2, 0.25) is 0 Å². The zero-order chi connectivity index (χ0) is 17.7. The van der Waals surface area contributed by atoms with Gasteiger partial charge in [-0.1, -0.05) is 49.8 Å². The molecule has 0 N–H and O–H groups in total. The van der Waals surface area contributed by atoms with Crippen molar-refractivity contribution in [3.05, 3.63) is 46.0 Å². The van der Waals surface area contributed by atoms with Crippen molar-refractivity contribution in [3.8, 4) is 0 Å². The molecular formula is C22H30O2. The Kier molecular flexibility index (Phi) is 6.53. The lowest BCUT2D eigenvalue weighted by Crippen LogP contribution is -2.15. The van der Waals surface area contributed by atoms with Crippen molar-refractivity contribution in [1.29, 1.82) is 0 Å². The van der Waals surface area contributed by atoms with Gasteiger partial charge in [-0.05, 0) is 68.4 Å². The van der Waals surface area contributed by atoms with Gasteiger partial charge in [-0.25, -0.2) is 0 Å². The van der Waals surface area contributed by atoms with Gasteiger partial charge in [-0.2, -0.15) is 0 Å². The number of aryl methyl sites for hydroxylation is 3. The Labute approximate surface area is 146 Å². The zero-order valence-electron chi connectivity index (χ0n) is 15.6. The Balaban J connectivity index is 2.17. The largest absolute Gasteiger partial charge is 0.295 e. The van der Waals surface area contributed by atoms with E-state index in [9.17, 15) is 9.59 Å². The predicted molar refractivity (Wildman–Crippen MR) is 99.3 cm³/mol. The van der Waals surface area contributed by atoms with Gasteiger partial charge < -0.3 is 0 Å². The third-order valence-electron chi connectivity index (χ3n) is 5.15. The van der Waals surface area contributed by atoms with Crippen molar-refractivity contribution in [2.24, 2.45) is 5.92 Å². The minimum atomic E-state index is -0.0218. The van der Waals surface area contributed by atoms with Crippen LogP contribution in [0.5, 0.6) is 0 Å². The van der Waals surface area contributed by atoms with Crippen LogP contribution in [0, 0.1) is 26.7 Å². The van der Waals surface area contributed by atoms with Crippen molar-refractivity contribution in [2.45, 2.75) is 72.6 Å². The van der Waals surface area contributed by atoms with E-state index in [1.54, 1.807) is 6.08 Å². The third-order valence-corrected chi connectivity index (χ3v) is 5.15. The molecule has 0 aromatic heterocycles. The molecule has 0 bridgehead atoms. The van der Waals surface area contributed by atoms with Crippen LogP contribution in [0.4, 0.5) is 0 Å². The lowest BCUT2D eigenvalue weighted by Gasteiger charge is -2.22. The average molecular weight is 326 g/mol. The summed E-state index contributed by atoms with van der Waals surface area (Å²) in [4.78, 5) is 24.5. The standard InChI is InChI=1S/C22H30O2/c1-15-10-16(2)21(17(3)11-15)14-22(24)20(12-18(4)23)13-19-8-6-5-7-9-19/h10-12,19H,5-9,13-14H2,1-4H3/b20-12-. The summed E-state index contributed by atoms with van der Waals surface area (Å²) in [5, 5.41) is 0. The van der Waals surface area contributed by atoms with Crippen molar-refractivity contribution in [2.75, 3.05) is 0 Å². The first-order valence-electron chi connectivity index (χ1n) is 9.18. The van der Waals surface area contributed by atoms with Crippen LogP contribution in [0.1, 0.15) is 67.7 Å². The van der Waals surface area contributed by atoms with Crippen molar-refractivity contribution >= 4 is 11.6 Å². The first-order valence-corrected chi connectivity index (χ1v) is 9.18. The lowest BCUT2D eigenvalue weighted by atomic mass is 9.82. The molecule has 0 unspecified atom stereocenters. The number of allylic oxidation sites excluding steroid dienone is 2. The van der Waals surface area contributed by atoms with Gasteiger partial charge in [0.1, 0.15) is 0 Å². The summed E-state index contributed by atoms with van der Waals surface area (Å²) in [5.41, 5.74) is 5.40. The van der Waals surface area contributed by atoms with Gasteiger partial charge in [0.05, 0.1) is 0 Å². The second kappa shape index (κ2) is 8.41. The summed E-state index contributed by atoms with van der Waals surface area (Å²) >= 11 is 0. The van der Waals surface area contributed by atoms with Gasteiger partial charge in [-0.3, -0.25) is 9.59 Å². The molecule has 0 amide bonds. The highest BCUT2D eigenvalue weighted by Crippen LogP contribution is 2.30. The second-order valence-corrected chi connectivity index (χ2v) is 7.47. The summed E-state index contributed by atoms with van der Waals surface area (Å²) in [6.45, 7) is 7.75. The topological polar surface area (TPSA) is 34.1 Å². The van der Waals surface area contributed by atoms with Crippen molar-refractivity contribution in [3.63, 3.8) is 0 Å². The van der Waals surface area contributed by atoms with Crippen LogP contribution in [0.3, 0.4) is 0 Å². The van der Waals surface area contributed by atoms with Gasteiger partial charge in [0, 0.05) is 6.42 Å². The number of ketones is 2. The molecule has 0 saturated heterocycles. The van der Waals surface area contributed by atoms with Gasteiger partial charge >= 0.3 is 0 Å². The summed E-state index contributed by atoms with van der Waals surface area (Å²) in [6, 6.07) is 4.26. The SMILES string of the molecule is CC(=O)/C=C(/CC1CCCCC1)C(=O)Cc1c(C)cc(C)cc1C. The van der Waals surface area contributed by atoms with E-state index in [2.05, 4.69) is 32.9 Å². The van der Waals surface area contributed by atoms with E-state index in [1.165, 1.54) is 55.7 Å². The minimum absolute atomic E-state index is 0.0218. The van der Waals surface area contributed by atoms with Crippen molar-refractivity contribution in [1.82, 2.24) is 0 Å². The molecule has 0 atom stereocenters. The molecule has 24 heavy (non-hydrogen) atoms. The first kappa shape index (κ1) is 18.6. The molecule has 1 aromatic rings. The Morgan fingerprint density at radius 1 is 1.04 bits per heavy atom.